The highest BCUT2D eigenvalue weighted by atomic mass is 35.5. The quantitative estimate of drug-likeness (QED) is 0.172. The van der Waals surface area contributed by atoms with E-state index in [9.17, 15) is 0 Å². The number of benzene rings is 7. The summed E-state index contributed by atoms with van der Waals surface area (Å²) in [5.74, 6) is 0. The number of hydrogen-bond acceptors (Lipinski definition) is 2. The summed E-state index contributed by atoms with van der Waals surface area (Å²) < 4.78 is 0. The predicted octanol–water partition coefficient (Wildman–Crippen LogP) is 12.6. The lowest BCUT2D eigenvalue weighted by Crippen LogP contribution is -2.14. The average Bonchev–Trinajstić information content (AvgIpc) is 3.12. The van der Waals surface area contributed by atoms with E-state index in [-0.39, 0.29) is 0 Å². The molecule has 0 fully saturated rings. The average molecular weight is 599 g/mol. The molecule has 0 aromatic heterocycles. The molecule has 0 saturated carbocycles. The summed E-state index contributed by atoms with van der Waals surface area (Å²) >= 11 is 7.47. The molecule has 0 saturated heterocycles. The monoisotopic (exact) mass is 598 g/mol. The lowest BCUT2D eigenvalue weighted by Gasteiger charge is -2.31. The summed E-state index contributed by atoms with van der Waals surface area (Å²) in [6.45, 7) is 0. The van der Waals surface area contributed by atoms with Crippen molar-refractivity contribution in [3.05, 3.63) is 193 Å². The molecule has 7 aromatic carbocycles. The second kappa shape index (κ2) is 13.0. The molecule has 0 atom stereocenters. The van der Waals surface area contributed by atoms with Crippen LogP contribution < -0.4 is 9.80 Å². The van der Waals surface area contributed by atoms with E-state index in [1.54, 1.807) is 0 Å². The lowest BCUT2D eigenvalue weighted by molar-refractivity contribution is 1.25. The van der Waals surface area contributed by atoms with Crippen molar-refractivity contribution in [1.82, 2.24) is 0 Å². The zero-order valence-corrected chi connectivity index (χ0v) is 25.4. The van der Waals surface area contributed by atoms with Crippen LogP contribution in [0.1, 0.15) is 0 Å². The van der Waals surface area contributed by atoms with E-state index in [2.05, 4.69) is 174 Å². The van der Waals surface area contributed by atoms with Crippen LogP contribution in [0.2, 0.25) is 5.02 Å². The van der Waals surface area contributed by atoms with Crippen molar-refractivity contribution < 1.29 is 0 Å². The molecule has 3 heteroatoms. The van der Waals surface area contributed by atoms with Gasteiger partial charge in [0.1, 0.15) is 0 Å². The maximum absolute atomic E-state index is 7.47. The smallest absolute Gasteiger partial charge is 0.0887 e. The van der Waals surface area contributed by atoms with E-state index < -0.39 is 0 Å². The van der Waals surface area contributed by atoms with Crippen LogP contribution in [0.25, 0.3) is 22.3 Å². The van der Waals surface area contributed by atoms with E-state index in [0.29, 0.717) is 5.02 Å². The predicted molar refractivity (Wildman–Crippen MR) is 192 cm³/mol. The maximum atomic E-state index is 7.47. The molecule has 0 N–H and O–H groups in total. The highest BCUT2D eigenvalue weighted by Gasteiger charge is 2.22. The van der Waals surface area contributed by atoms with E-state index in [1.165, 1.54) is 11.1 Å². The first-order valence-electron chi connectivity index (χ1n) is 15.1. The van der Waals surface area contributed by atoms with Crippen molar-refractivity contribution in [2.45, 2.75) is 0 Å². The van der Waals surface area contributed by atoms with E-state index >= 15 is 0 Å². The summed E-state index contributed by atoms with van der Waals surface area (Å²) in [4.78, 5) is 4.45. The highest BCUT2D eigenvalue weighted by Crippen LogP contribution is 2.46. The number of hydrogen-bond donors (Lipinski definition) is 0. The molecule has 0 aliphatic heterocycles. The van der Waals surface area contributed by atoms with Crippen LogP contribution in [0, 0.1) is 0 Å². The number of rotatable bonds is 8. The lowest BCUT2D eigenvalue weighted by atomic mass is 10.0. The normalized spacial score (nSPS) is 10.8. The number of para-hydroxylation sites is 2. The largest absolute Gasteiger partial charge is 0.309 e. The molecule has 0 spiro atoms. The molecule has 0 aliphatic rings. The molecule has 2 nitrogen and oxygen atoms in total. The Bertz CT molecular complexity index is 1850. The van der Waals surface area contributed by atoms with Crippen molar-refractivity contribution in [3.8, 4) is 22.3 Å². The van der Waals surface area contributed by atoms with Gasteiger partial charge in [-0.05, 0) is 82.9 Å². The minimum absolute atomic E-state index is 0.657. The Hall–Kier alpha value is -5.57. The van der Waals surface area contributed by atoms with Gasteiger partial charge in [-0.1, -0.05) is 139 Å². The number of nitrogens with zero attached hydrogens (tertiary/aromatic N) is 2. The Morgan fingerprint density at radius 3 is 0.911 bits per heavy atom. The van der Waals surface area contributed by atoms with Crippen LogP contribution in [0.15, 0.2) is 188 Å². The molecule has 7 rings (SSSR count). The number of anilines is 6. The third-order valence-corrected chi connectivity index (χ3v) is 8.32. The Morgan fingerprint density at radius 1 is 0.267 bits per heavy atom. The molecule has 0 radical (unpaired) electrons. The van der Waals surface area contributed by atoms with Gasteiger partial charge in [0.2, 0.25) is 0 Å². The Labute approximate surface area is 270 Å². The fourth-order valence-electron chi connectivity index (χ4n) is 5.73. The van der Waals surface area contributed by atoms with Gasteiger partial charge in [0.05, 0.1) is 16.4 Å². The molecule has 0 heterocycles. The van der Waals surface area contributed by atoms with Crippen LogP contribution in [0.5, 0.6) is 0 Å². The van der Waals surface area contributed by atoms with E-state index in [1.807, 2.05) is 24.3 Å². The van der Waals surface area contributed by atoms with Gasteiger partial charge < -0.3 is 9.80 Å². The minimum atomic E-state index is 0.657. The Kier molecular flexibility index (Phi) is 8.13. The Balaban J connectivity index is 1.36. The second-order valence-electron chi connectivity index (χ2n) is 10.8. The zero-order valence-electron chi connectivity index (χ0n) is 24.7. The molecule has 0 aliphatic carbocycles. The number of halogens is 1. The second-order valence-corrected chi connectivity index (χ2v) is 11.2. The van der Waals surface area contributed by atoms with Crippen molar-refractivity contribution in [3.63, 3.8) is 0 Å². The third-order valence-electron chi connectivity index (χ3n) is 7.93. The highest BCUT2D eigenvalue weighted by molar-refractivity contribution is 6.36. The maximum Gasteiger partial charge on any atom is 0.0887 e. The molecular formula is C42H31ClN2. The fourth-order valence-corrected chi connectivity index (χ4v) is 6.02. The summed E-state index contributed by atoms with van der Waals surface area (Å²) in [5.41, 5.74) is 10.6. The van der Waals surface area contributed by atoms with Gasteiger partial charge in [-0.2, -0.15) is 0 Å². The summed E-state index contributed by atoms with van der Waals surface area (Å²) in [7, 11) is 0. The molecule has 7 aromatic rings. The van der Waals surface area contributed by atoms with E-state index in [4.69, 9.17) is 11.6 Å². The van der Waals surface area contributed by atoms with Gasteiger partial charge in [0, 0.05) is 22.7 Å². The van der Waals surface area contributed by atoms with E-state index in [0.717, 1.165) is 45.3 Å². The van der Waals surface area contributed by atoms with Crippen molar-refractivity contribution in [2.24, 2.45) is 0 Å². The summed E-state index contributed by atoms with van der Waals surface area (Å²) in [5, 5.41) is 0.657. The summed E-state index contributed by atoms with van der Waals surface area (Å²) in [6, 6.07) is 65.3. The van der Waals surface area contributed by atoms with Gasteiger partial charge in [-0.15, -0.1) is 0 Å². The first kappa shape index (κ1) is 28.2. The topological polar surface area (TPSA) is 6.48 Å². The Morgan fingerprint density at radius 2 is 0.556 bits per heavy atom. The first-order valence-corrected chi connectivity index (χ1v) is 15.4. The molecule has 216 valence electrons. The zero-order chi connectivity index (χ0) is 30.4. The fraction of sp³-hybridized carbons (Fsp3) is 0. The van der Waals surface area contributed by atoms with Crippen LogP contribution in [-0.4, -0.2) is 0 Å². The van der Waals surface area contributed by atoms with Gasteiger partial charge in [0.25, 0.3) is 0 Å². The molecule has 0 bridgehead atoms. The van der Waals surface area contributed by atoms with Crippen molar-refractivity contribution in [1.29, 1.82) is 0 Å². The van der Waals surface area contributed by atoms with Crippen LogP contribution >= 0.6 is 11.6 Å². The van der Waals surface area contributed by atoms with Gasteiger partial charge in [-0.25, -0.2) is 0 Å². The summed E-state index contributed by atoms with van der Waals surface area (Å²) in [6.07, 6.45) is 0. The third kappa shape index (κ3) is 5.97. The molecular weight excluding hydrogens is 568 g/mol. The molecule has 0 amide bonds. The standard InChI is InChI=1S/C42H31ClN2/c43-42-40(44(36-18-9-3-10-19-36)37-20-11-4-12-21-37)22-13-23-41(42)45(38-28-24-34(25-29-38)32-14-5-1-6-15-32)39-30-26-35(27-31-39)33-16-7-2-8-17-33/h1-31H. The molecule has 0 unspecified atom stereocenters. The first-order chi connectivity index (χ1) is 22.3. The van der Waals surface area contributed by atoms with Crippen LogP contribution in [-0.2, 0) is 0 Å². The molecule has 45 heavy (non-hydrogen) atoms. The SMILES string of the molecule is Clc1c(N(c2ccccc2)c2ccccc2)cccc1N(c1ccc(-c2ccccc2)cc1)c1ccc(-c2ccccc2)cc1. The van der Waals surface area contributed by atoms with Crippen LogP contribution in [0.4, 0.5) is 34.1 Å². The van der Waals surface area contributed by atoms with Crippen LogP contribution in [0.3, 0.4) is 0 Å². The van der Waals surface area contributed by atoms with Crippen molar-refractivity contribution in [2.75, 3.05) is 9.80 Å². The van der Waals surface area contributed by atoms with Gasteiger partial charge in [0.15, 0.2) is 0 Å². The minimum Gasteiger partial charge on any atom is -0.309 e. The van der Waals surface area contributed by atoms with Gasteiger partial charge >= 0.3 is 0 Å². The van der Waals surface area contributed by atoms with Gasteiger partial charge in [-0.3, -0.25) is 0 Å². The van der Waals surface area contributed by atoms with Crippen molar-refractivity contribution >= 4 is 45.7 Å².